The highest BCUT2D eigenvalue weighted by Crippen LogP contribution is 2.22. The highest BCUT2D eigenvalue weighted by Gasteiger charge is 2.22. The minimum absolute atomic E-state index is 0.00912. The zero-order valence-electron chi connectivity index (χ0n) is 18.2. The van der Waals surface area contributed by atoms with Gasteiger partial charge in [0.05, 0.1) is 6.54 Å². The molecule has 0 spiro atoms. The third-order valence-corrected chi connectivity index (χ3v) is 5.60. The van der Waals surface area contributed by atoms with Crippen LogP contribution in [0.1, 0.15) is 24.8 Å². The maximum atomic E-state index is 12.5. The molecule has 0 aromatic heterocycles. The summed E-state index contributed by atoms with van der Waals surface area (Å²) in [6.45, 7) is 4.96. The van der Waals surface area contributed by atoms with Gasteiger partial charge in [0.2, 0.25) is 17.7 Å². The fourth-order valence-corrected chi connectivity index (χ4v) is 3.79. The fourth-order valence-electron chi connectivity index (χ4n) is 3.79. The molecule has 168 valence electrons. The summed E-state index contributed by atoms with van der Waals surface area (Å²) in [6, 6.07) is 7.70. The summed E-state index contributed by atoms with van der Waals surface area (Å²) in [6.07, 6.45) is 5.71. The van der Waals surface area contributed by atoms with E-state index in [1.165, 1.54) is 0 Å². The maximum Gasteiger partial charge on any atom is 0.246 e. The van der Waals surface area contributed by atoms with Gasteiger partial charge in [-0.2, -0.15) is 0 Å². The Bertz CT molecular complexity index is 785. The Hall–Kier alpha value is -2.71. The lowest BCUT2D eigenvalue weighted by atomic mass is 10.1. The van der Waals surface area contributed by atoms with Gasteiger partial charge in [-0.3, -0.25) is 19.3 Å². The summed E-state index contributed by atoms with van der Waals surface area (Å²) in [5, 5.41) is 2.89. The second kappa shape index (κ2) is 11.6. The van der Waals surface area contributed by atoms with Crippen molar-refractivity contribution in [3.05, 3.63) is 35.9 Å². The van der Waals surface area contributed by atoms with Gasteiger partial charge in [0.15, 0.2) is 0 Å². The van der Waals surface area contributed by atoms with Crippen molar-refractivity contribution in [2.45, 2.75) is 19.3 Å². The van der Waals surface area contributed by atoms with Crippen LogP contribution in [-0.4, -0.2) is 87.1 Å². The number of hydrogen-bond donors (Lipinski definition) is 1. The maximum absolute atomic E-state index is 12.5. The van der Waals surface area contributed by atoms with Crippen molar-refractivity contribution in [3.63, 3.8) is 0 Å². The molecule has 2 heterocycles. The molecule has 31 heavy (non-hydrogen) atoms. The Balaban J connectivity index is 1.40. The number of nitrogens with zero attached hydrogens (tertiary/aromatic N) is 3. The van der Waals surface area contributed by atoms with Gasteiger partial charge >= 0.3 is 0 Å². The Morgan fingerprint density at radius 2 is 1.84 bits per heavy atom. The zero-order valence-corrected chi connectivity index (χ0v) is 18.2. The fraction of sp³-hybridized carbons (Fsp3) is 0.522. The number of nitrogens with one attached hydrogen (secondary N) is 1. The molecule has 1 aromatic carbocycles. The molecular weight excluding hydrogens is 396 g/mol. The molecule has 1 aromatic rings. The second-order valence-corrected chi connectivity index (χ2v) is 7.87. The van der Waals surface area contributed by atoms with Crippen molar-refractivity contribution in [1.82, 2.24) is 15.1 Å². The van der Waals surface area contributed by atoms with Crippen molar-refractivity contribution in [1.29, 1.82) is 0 Å². The van der Waals surface area contributed by atoms with Gasteiger partial charge in [0.25, 0.3) is 0 Å². The first kappa shape index (κ1) is 23.0. The summed E-state index contributed by atoms with van der Waals surface area (Å²) < 4.78 is 4.97. The highest BCUT2D eigenvalue weighted by molar-refractivity contribution is 5.95. The van der Waals surface area contributed by atoms with Crippen molar-refractivity contribution >= 4 is 29.5 Å². The molecule has 3 rings (SSSR count). The Morgan fingerprint density at radius 1 is 1.10 bits per heavy atom. The molecule has 2 aliphatic heterocycles. The molecule has 2 saturated heterocycles. The largest absolute Gasteiger partial charge is 0.385 e. The standard InChI is InChI=1S/C23H32N4O4/c1-31-17-3-11-24-21(28)18-25-13-15-26(16-14-25)22(29)10-7-19-5-8-20(9-6-19)27-12-2-4-23(27)30/h5-10H,2-4,11-18H2,1H3,(H,24,28)/b10-7+. The zero-order chi connectivity index (χ0) is 22.1. The SMILES string of the molecule is COCCCNC(=O)CN1CCN(C(=O)/C=C/c2ccc(N3CCCC3=O)cc2)CC1. The number of methoxy groups -OCH3 is 1. The van der Waals surface area contributed by atoms with Gasteiger partial charge in [-0.1, -0.05) is 12.1 Å². The average Bonchev–Trinajstić information content (AvgIpc) is 3.22. The number of ether oxygens (including phenoxy) is 1. The summed E-state index contributed by atoms with van der Waals surface area (Å²) >= 11 is 0. The molecule has 1 N–H and O–H groups in total. The van der Waals surface area contributed by atoms with Gasteiger partial charge in [-0.05, 0) is 36.6 Å². The van der Waals surface area contributed by atoms with Crippen LogP contribution in [0.15, 0.2) is 30.3 Å². The second-order valence-electron chi connectivity index (χ2n) is 7.87. The molecule has 0 aliphatic carbocycles. The summed E-state index contributed by atoms with van der Waals surface area (Å²) in [5.74, 6) is 0.151. The number of amides is 3. The Labute approximate surface area is 183 Å². The molecular formula is C23H32N4O4. The molecule has 0 bridgehead atoms. The van der Waals surface area contributed by atoms with Gasteiger partial charge < -0.3 is 19.9 Å². The molecule has 0 unspecified atom stereocenters. The lowest BCUT2D eigenvalue weighted by molar-refractivity contribution is -0.128. The lowest BCUT2D eigenvalue weighted by Gasteiger charge is -2.33. The molecule has 2 fully saturated rings. The van der Waals surface area contributed by atoms with Crippen LogP contribution in [0, 0.1) is 0 Å². The van der Waals surface area contributed by atoms with Crippen molar-refractivity contribution in [2.24, 2.45) is 0 Å². The Morgan fingerprint density at radius 3 is 2.48 bits per heavy atom. The normalized spacial score (nSPS) is 17.5. The third-order valence-electron chi connectivity index (χ3n) is 5.60. The number of piperazine rings is 1. The van der Waals surface area contributed by atoms with E-state index in [4.69, 9.17) is 4.74 Å². The van der Waals surface area contributed by atoms with E-state index in [9.17, 15) is 14.4 Å². The van der Waals surface area contributed by atoms with Crippen LogP contribution in [0.4, 0.5) is 5.69 Å². The molecule has 0 radical (unpaired) electrons. The van der Waals surface area contributed by atoms with Crippen LogP contribution in [0.5, 0.6) is 0 Å². The number of rotatable bonds is 9. The van der Waals surface area contributed by atoms with Gasteiger partial charge in [0.1, 0.15) is 0 Å². The third kappa shape index (κ3) is 6.90. The van der Waals surface area contributed by atoms with Crippen LogP contribution in [0.3, 0.4) is 0 Å². The van der Waals surface area contributed by atoms with E-state index in [1.807, 2.05) is 24.3 Å². The first-order chi connectivity index (χ1) is 15.1. The van der Waals surface area contributed by atoms with E-state index in [0.717, 1.165) is 30.6 Å². The molecule has 0 saturated carbocycles. The molecule has 0 atom stereocenters. The summed E-state index contributed by atoms with van der Waals surface area (Å²) in [5.41, 5.74) is 1.83. The number of carbonyl (C=O) groups excluding carboxylic acids is 3. The number of carbonyl (C=O) groups is 3. The minimum atomic E-state index is -0.0255. The van der Waals surface area contributed by atoms with E-state index >= 15 is 0 Å². The summed E-state index contributed by atoms with van der Waals surface area (Å²) in [7, 11) is 1.64. The van der Waals surface area contributed by atoms with Crippen molar-refractivity contribution in [3.8, 4) is 0 Å². The van der Waals surface area contributed by atoms with E-state index in [-0.39, 0.29) is 17.7 Å². The minimum Gasteiger partial charge on any atom is -0.385 e. The lowest BCUT2D eigenvalue weighted by Crippen LogP contribution is -2.50. The quantitative estimate of drug-likeness (QED) is 0.471. The Kier molecular flexibility index (Phi) is 8.61. The molecule has 8 nitrogen and oxygen atoms in total. The molecule has 3 amide bonds. The molecule has 8 heteroatoms. The number of anilines is 1. The van der Waals surface area contributed by atoms with Crippen LogP contribution >= 0.6 is 0 Å². The van der Waals surface area contributed by atoms with Crippen LogP contribution in [0.25, 0.3) is 6.08 Å². The average molecular weight is 429 g/mol. The number of benzene rings is 1. The van der Waals surface area contributed by atoms with E-state index in [0.29, 0.717) is 52.3 Å². The highest BCUT2D eigenvalue weighted by atomic mass is 16.5. The van der Waals surface area contributed by atoms with Crippen LogP contribution in [0.2, 0.25) is 0 Å². The first-order valence-corrected chi connectivity index (χ1v) is 10.9. The van der Waals surface area contributed by atoms with E-state index in [2.05, 4.69) is 10.2 Å². The van der Waals surface area contributed by atoms with Crippen LogP contribution in [-0.2, 0) is 19.1 Å². The van der Waals surface area contributed by atoms with Crippen LogP contribution < -0.4 is 10.2 Å². The predicted octanol–water partition coefficient (Wildman–Crippen LogP) is 1.12. The number of hydrogen-bond acceptors (Lipinski definition) is 5. The summed E-state index contributed by atoms with van der Waals surface area (Å²) in [4.78, 5) is 42.0. The molecule has 2 aliphatic rings. The van der Waals surface area contributed by atoms with Crippen molar-refractivity contribution < 1.29 is 19.1 Å². The van der Waals surface area contributed by atoms with Gasteiger partial charge in [-0.25, -0.2) is 0 Å². The monoisotopic (exact) mass is 428 g/mol. The van der Waals surface area contributed by atoms with Crippen molar-refractivity contribution in [2.75, 3.05) is 64.4 Å². The smallest absolute Gasteiger partial charge is 0.246 e. The van der Waals surface area contributed by atoms with E-state index < -0.39 is 0 Å². The predicted molar refractivity (Wildman–Crippen MR) is 120 cm³/mol. The van der Waals surface area contributed by atoms with Gasteiger partial charge in [0, 0.05) is 71.2 Å². The first-order valence-electron chi connectivity index (χ1n) is 10.9. The van der Waals surface area contributed by atoms with E-state index in [1.54, 1.807) is 29.1 Å². The van der Waals surface area contributed by atoms with Gasteiger partial charge in [-0.15, -0.1) is 0 Å². The topological polar surface area (TPSA) is 82.2 Å².